The summed E-state index contributed by atoms with van der Waals surface area (Å²) in [7, 11) is 0. The van der Waals surface area contributed by atoms with Gasteiger partial charge in [-0.1, -0.05) is 200 Å². The number of rotatable bonds is 8. The summed E-state index contributed by atoms with van der Waals surface area (Å²) in [6.07, 6.45) is 0. The predicted molar refractivity (Wildman–Crippen MR) is 286 cm³/mol. The topological polar surface area (TPSA) is 22.8 Å². The van der Waals surface area contributed by atoms with Crippen LogP contribution in [0.5, 0.6) is 0 Å². The van der Waals surface area contributed by atoms with Crippen molar-refractivity contribution in [3.8, 4) is 78.4 Å². The van der Waals surface area contributed by atoms with Crippen molar-refractivity contribution >= 4 is 43.6 Å². The molecule has 0 atom stereocenters. The third-order valence-electron chi connectivity index (χ3n) is 13.5. The molecule has 0 aliphatic heterocycles. The van der Waals surface area contributed by atoms with Gasteiger partial charge in [0.25, 0.3) is 0 Å². The minimum atomic E-state index is 0.913. The Balaban J connectivity index is 1.15. The van der Waals surface area contributed by atoms with Gasteiger partial charge in [0.05, 0.1) is 39.1 Å². The molecule has 0 saturated heterocycles. The predicted octanol–water partition coefficient (Wildman–Crippen LogP) is 17.3. The Hall–Kier alpha value is -9.05. The van der Waals surface area contributed by atoms with Crippen molar-refractivity contribution < 1.29 is 0 Å². The molecule has 3 heteroatoms. The Morgan fingerprint density at radius 2 is 0.691 bits per heavy atom. The van der Waals surface area contributed by atoms with Crippen LogP contribution >= 0.6 is 0 Å². The average molecular weight is 866 g/mol. The summed E-state index contributed by atoms with van der Waals surface area (Å²) in [6, 6.07) is 94.4. The fourth-order valence-electron chi connectivity index (χ4n) is 10.4. The molecule has 13 rings (SSSR count). The van der Waals surface area contributed by atoms with Crippen molar-refractivity contribution in [1.29, 1.82) is 0 Å². The van der Waals surface area contributed by atoms with Gasteiger partial charge in [-0.2, -0.15) is 0 Å². The highest BCUT2D eigenvalue weighted by Crippen LogP contribution is 2.47. The molecule has 68 heavy (non-hydrogen) atoms. The van der Waals surface area contributed by atoms with Crippen molar-refractivity contribution in [3.63, 3.8) is 0 Å². The smallest absolute Gasteiger partial charge is 0.0716 e. The van der Waals surface area contributed by atoms with E-state index >= 15 is 0 Å². The SMILES string of the molecule is c1ccc(-c2cc(-c3ccccc3)nc(-c3cc(-c4ccccc4)c(-n4c5ccc(-n6c7ccccc7c7ccccc76)cc5c5c(-c6ccccc6)cccc54)c(-c4ccccc4)c3)c2)cc1. The highest BCUT2D eigenvalue weighted by molar-refractivity contribution is 6.18. The van der Waals surface area contributed by atoms with Crippen LogP contribution in [0.25, 0.3) is 122 Å². The van der Waals surface area contributed by atoms with Gasteiger partial charge in [0.1, 0.15) is 0 Å². The van der Waals surface area contributed by atoms with Gasteiger partial charge in [-0.25, -0.2) is 4.98 Å². The van der Waals surface area contributed by atoms with Crippen molar-refractivity contribution in [2.75, 3.05) is 0 Å². The minimum absolute atomic E-state index is 0.913. The zero-order chi connectivity index (χ0) is 45.0. The van der Waals surface area contributed by atoms with Gasteiger partial charge in [0.15, 0.2) is 0 Å². The molecule has 0 fully saturated rings. The van der Waals surface area contributed by atoms with E-state index in [0.29, 0.717) is 0 Å². The van der Waals surface area contributed by atoms with Gasteiger partial charge < -0.3 is 9.13 Å². The van der Waals surface area contributed by atoms with E-state index in [-0.39, 0.29) is 0 Å². The summed E-state index contributed by atoms with van der Waals surface area (Å²) < 4.78 is 4.96. The third kappa shape index (κ3) is 6.63. The molecule has 3 nitrogen and oxygen atoms in total. The number of pyridine rings is 1. The van der Waals surface area contributed by atoms with Crippen LogP contribution in [0.4, 0.5) is 0 Å². The summed E-state index contributed by atoms with van der Waals surface area (Å²) in [6.45, 7) is 0. The summed E-state index contributed by atoms with van der Waals surface area (Å²) >= 11 is 0. The first-order valence-corrected chi connectivity index (χ1v) is 23.3. The first kappa shape index (κ1) is 39.3. The second-order valence-corrected chi connectivity index (χ2v) is 17.5. The number of hydrogen-bond donors (Lipinski definition) is 0. The average Bonchev–Trinajstić information content (AvgIpc) is 3.94. The normalized spacial score (nSPS) is 11.5. The molecular formula is C65H43N3. The molecular weight excluding hydrogens is 823 g/mol. The molecule has 0 aliphatic carbocycles. The van der Waals surface area contributed by atoms with Crippen LogP contribution in [-0.4, -0.2) is 14.1 Å². The molecule has 13 aromatic rings. The van der Waals surface area contributed by atoms with E-state index in [4.69, 9.17) is 4.98 Å². The lowest BCUT2D eigenvalue weighted by atomic mass is 9.91. The molecule has 0 saturated carbocycles. The monoisotopic (exact) mass is 865 g/mol. The molecule has 3 heterocycles. The van der Waals surface area contributed by atoms with E-state index in [1.54, 1.807) is 0 Å². The number of benzene rings is 10. The number of aromatic nitrogens is 3. The number of fused-ring (bicyclic) bond motifs is 6. The summed E-state index contributed by atoms with van der Waals surface area (Å²) in [5, 5.41) is 4.89. The summed E-state index contributed by atoms with van der Waals surface area (Å²) in [5.74, 6) is 0. The highest BCUT2D eigenvalue weighted by Gasteiger charge is 2.25. The van der Waals surface area contributed by atoms with Gasteiger partial charge >= 0.3 is 0 Å². The Morgan fingerprint density at radius 1 is 0.250 bits per heavy atom. The van der Waals surface area contributed by atoms with Crippen LogP contribution in [-0.2, 0) is 0 Å². The second-order valence-electron chi connectivity index (χ2n) is 17.5. The standard InChI is InChI=1S/C65H43N3/c1-6-21-44(22-7-1)49-41-58(48-29-14-5-15-30-48)66-59(42-49)50-39-55(46-25-10-3-11-26-46)65(56(40-50)47-27-12-4-13-28-47)68-62-38-37-51(67-60-34-18-16-31-53(60)54-32-17-19-35-61(54)67)43-57(62)64-52(33-20-36-63(64)68)45-23-8-2-9-24-45/h1-43H. The zero-order valence-electron chi connectivity index (χ0n) is 37.2. The van der Waals surface area contributed by atoms with Crippen molar-refractivity contribution in [1.82, 2.24) is 14.1 Å². The van der Waals surface area contributed by atoms with Crippen molar-refractivity contribution in [2.24, 2.45) is 0 Å². The quantitative estimate of drug-likeness (QED) is 0.149. The van der Waals surface area contributed by atoms with Crippen LogP contribution in [0.15, 0.2) is 261 Å². The Bertz CT molecular complexity index is 3810. The summed E-state index contributed by atoms with van der Waals surface area (Å²) in [4.78, 5) is 5.47. The van der Waals surface area contributed by atoms with E-state index in [2.05, 4.69) is 270 Å². The Morgan fingerprint density at radius 3 is 1.25 bits per heavy atom. The Kier molecular flexibility index (Phi) is 9.50. The third-order valence-corrected chi connectivity index (χ3v) is 13.5. The van der Waals surface area contributed by atoms with E-state index in [1.165, 1.54) is 43.7 Å². The fourth-order valence-corrected chi connectivity index (χ4v) is 10.4. The number of hydrogen-bond acceptors (Lipinski definition) is 1. The summed E-state index contributed by atoms with van der Waals surface area (Å²) in [5.41, 5.74) is 20.0. The Labute approximate surface area is 395 Å². The van der Waals surface area contributed by atoms with Crippen LogP contribution in [0.2, 0.25) is 0 Å². The first-order valence-electron chi connectivity index (χ1n) is 23.3. The molecule has 3 aromatic heterocycles. The van der Waals surface area contributed by atoms with Crippen LogP contribution in [0, 0.1) is 0 Å². The van der Waals surface area contributed by atoms with Crippen molar-refractivity contribution in [3.05, 3.63) is 261 Å². The molecule has 10 aromatic carbocycles. The lowest BCUT2D eigenvalue weighted by Crippen LogP contribution is -2.02. The second kappa shape index (κ2) is 16.4. The minimum Gasteiger partial charge on any atom is -0.309 e. The first-order chi connectivity index (χ1) is 33.7. The molecule has 318 valence electrons. The lowest BCUT2D eigenvalue weighted by molar-refractivity contribution is 1.17. The molecule has 0 N–H and O–H groups in total. The van der Waals surface area contributed by atoms with Gasteiger partial charge in [-0.15, -0.1) is 0 Å². The maximum absolute atomic E-state index is 5.47. The molecule has 0 bridgehead atoms. The largest absolute Gasteiger partial charge is 0.309 e. The van der Waals surface area contributed by atoms with Crippen LogP contribution in [0.3, 0.4) is 0 Å². The van der Waals surface area contributed by atoms with E-state index < -0.39 is 0 Å². The van der Waals surface area contributed by atoms with Crippen LogP contribution in [0.1, 0.15) is 0 Å². The van der Waals surface area contributed by atoms with Gasteiger partial charge in [0.2, 0.25) is 0 Å². The van der Waals surface area contributed by atoms with E-state index in [1.807, 2.05) is 0 Å². The molecule has 0 spiro atoms. The molecule has 0 aliphatic rings. The highest BCUT2D eigenvalue weighted by atomic mass is 15.0. The zero-order valence-corrected chi connectivity index (χ0v) is 37.2. The maximum atomic E-state index is 5.47. The lowest BCUT2D eigenvalue weighted by Gasteiger charge is -2.21. The number of nitrogens with zero attached hydrogens (tertiary/aromatic N) is 3. The van der Waals surface area contributed by atoms with E-state index in [0.717, 1.165) is 78.3 Å². The van der Waals surface area contributed by atoms with Crippen LogP contribution < -0.4 is 0 Å². The van der Waals surface area contributed by atoms with E-state index in [9.17, 15) is 0 Å². The maximum Gasteiger partial charge on any atom is 0.0716 e. The van der Waals surface area contributed by atoms with Gasteiger partial charge in [0, 0.05) is 49.5 Å². The van der Waals surface area contributed by atoms with Crippen molar-refractivity contribution in [2.45, 2.75) is 0 Å². The number of para-hydroxylation sites is 2. The molecule has 0 radical (unpaired) electrons. The molecule has 0 unspecified atom stereocenters. The molecule has 0 amide bonds. The van der Waals surface area contributed by atoms with Gasteiger partial charge in [-0.05, 0) is 94.0 Å². The van der Waals surface area contributed by atoms with Gasteiger partial charge in [-0.3, -0.25) is 0 Å². The fraction of sp³-hybridized carbons (Fsp3) is 0.